The summed E-state index contributed by atoms with van der Waals surface area (Å²) in [5.74, 6) is -0.691. The maximum absolute atomic E-state index is 11.7. The number of nitrogens with zero attached hydrogens (tertiary/aromatic N) is 4. The second-order valence-electron chi connectivity index (χ2n) is 4.10. The molecule has 1 aromatic carbocycles. The molecule has 7 heteroatoms. The number of carbonyl (C=O) groups is 1. The van der Waals surface area contributed by atoms with E-state index in [2.05, 4.69) is 15.5 Å². The van der Waals surface area contributed by atoms with Crippen LogP contribution in [-0.4, -0.2) is 37.9 Å². The molecule has 19 heavy (non-hydrogen) atoms. The third-order valence-corrected chi connectivity index (χ3v) is 2.69. The maximum Gasteiger partial charge on any atom is 0.342 e. The van der Waals surface area contributed by atoms with Crippen LogP contribution in [0.25, 0.3) is 5.69 Å². The van der Waals surface area contributed by atoms with Crippen LogP contribution in [-0.2, 0) is 15.1 Å². The SMILES string of the molecule is CCOC(=O)C(C)(O)c1cccc(-n2cnnn2)c1. The van der Waals surface area contributed by atoms with E-state index in [1.54, 1.807) is 31.2 Å². The van der Waals surface area contributed by atoms with Crippen LogP contribution < -0.4 is 0 Å². The van der Waals surface area contributed by atoms with Crippen molar-refractivity contribution in [2.75, 3.05) is 6.61 Å². The zero-order chi connectivity index (χ0) is 13.9. The third kappa shape index (κ3) is 2.60. The zero-order valence-electron chi connectivity index (χ0n) is 10.6. The van der Waals surface area contributed by atoms with Gasteiger partial charge in [-0.3, -0.25) is 0 Å². The lowest BCUT2D eigenvalue weighted by Crippen LogP contribution is -2.34. The number of tetrazole rings is 1. The molecule has 0 saturated heterocycles. The minimum Gasteiger partial charge on any atom is -0.464 e. The van der Waals surface area contributed by atoms with Gasteiger partial charge in [0.05, 0.1) is 12.3 Å². The Morgan fingerprint density at radius 3 is 2.95 bits per heavy atom. The standard InChI is InChI=1S/C12H14N4O3/c1-3-19-11(17)12(2,18)9-5-4-6-10(7-9)16-8-13-14-15-16/h4-8,18H,3H2,1-2H3. The van der Waals surface area contributed by atoms with Gasteiger partial charge < -0.3 is 9.84 Å². The summed E-state index contributed by atoms with van der Waals surface area (Å²) in [5, 5.41) is 21.1. The van der Waals surface area contributed by atoms with E-state index >= 15 is 0 Å². The van der Waals surface area contributed by atoms with Crippen molar-refractivity contribution in [1.82, 2.24) is 20.2 Å². The van der Waals surface area contributed by atoms with Crippen molar-refractivity contribution in [2.45, 2.75) is 19.4 Å². The summed E-state index contributed by atoms with van der Waals surface area (Å²) < 4.78 is 6.29. The molecule has 0 spiro atoms. The highest BCUT2D eigenvalue weighted by Gasteiger charge is 2.34. The number of aromatic nitrogens is 4. The van der Waals surface area contributed by atoms with Crippen LogP contribution >= 0.6 is 0 Å². The Morgan fingerprint density at radius 1 is 1.53 bits per heavy atom. The molecule has 0 saturated carbocycles. The zero-order valence-corrected chi connectivity index (χ0v) is 10.6. The van der Waals surface area contributed by atoms with Gasteiger partial charge in [-0.1, -0.05) is 12.1 Å². The van der Waals surface area contributed by atoms with Gasteiger partial charge in [0, 0.05) is 0 Å². The molecule has 0 amide bonds. The van der Waals surface area contributed by atoms with E-state index in [1.807, 2.05) is 0 Å². The van der Waals surface area contributed by atoms with E-state index in [1.165, 1.54) is 17.9 Å². The average Bonchev–Trinajstić information content (AvgIpc) is 2.93. The normalized spacial score (nSPS) is 13.8. The lowest BCUT2D eigenvalue weighted by Gasteiger charge is -2.21. The molecule has 0 radical (unpaired) electrons. The number of aliphatic hydroxyl groups is 1. The van der Waals surface area contributed by atoms with Crippen LogP contribution in [0, 0.1) is 0 Å². The molecule has 0 aliphatic carbocycles. The van der Waals surface area contributed by atoms with Crippen LogP contribution in [0.3, 0.4) is 0 Å². The number of hydrogen-bond acceptors (Lipinski definition) is 6. The fourth-order valence-corrected chi connectivity index (χ4v) is 1.62. The summed E-state index contributed by atoms with van der Waals surface area (Å²) in [5.41, 5.74) is -0.647. The van der Waals surface area contributed by atoms with Gasteiger partial charge in [0.25, 0.3) is 0 Å². The quantitative estimate of drug-likeness (QED) is 0.804. The molecule has 1 unspecified atom stereocenters. The lowest BCUT2D eigenvalue weighted by atomic mass is 9.96. The Bertz CT molecular complexity index is 566. The van der Waals surface area contributed by atoms with Crippen LogP contribution in [0.15, 0.2) is 30.6 Å². The first-order valence-corrected chi connectivity index (χ1v) is 5.79. The maximum atomic E-state index is 11.7. The van der Waals surface area contributed by atoms with Gasteiger partial charge in [-0.15, -0.1) is 5.10 Å². The topological polar surface area (TPSA) is 90.1 Å². The number of rotatable bonds is 4. The second kappa shape index (κ2) is 5.15. The Balaban J connectivity index is 2.35. The van der Waals surface area contributed by atoms with E-state index < -0.39 is 11.6 Å². The first-order chi connectivity index (χ1) is 9.05. The molecule has 0 fully saturated rings. The Hall–Kier alpha value is -2.28. The van der Waals surface area contributed by atoms with Crippen molar-refractivity contribution >= 4 is 5.97 Å². The van der Waals surface area contributed by atoms with E-state index in [0.717, 1.165) is 0 Å². The highest BCUT2D eigenvalue weighted by molar-refractivity contribution is 5.80. The summed E-state index contributed by atoms with van der Waals surface area (Å²) in [4.78, 5) is 11.7. The molecule has 2 aromatic rings. The predicted molar refractivity (Wildman–Crippen MR) is 65.4 cm³/mol. The van der Waals surface area contributed by atoms with E-state index in [0.29, 0.717) is 11.3 Å². The number of carbonyl (C=O) groups excluding carboxylic acids is 1. The fourth-order valence-electron chi connectivity index (χ4n) is 1.62. The minimum absolute atomic E-state index is 0.210. The Labute approximate surface area is 109 Å². The molecule has 0 aliphatic rings. The monoisotopic (exact) mass is 262 g/mol. The molecule has 1 heterocycles. The van der Waals surface area contributed by atoms with Gasteiger partial charge in [0.1, 0.15) is 6.33 Å². The summed E-state index contributed by atoms with van der Waals surface area (Å²) in [7, 11) is 0. The van der Waals surface area contributed by atoms with Crippen LogP contribution in [0.1, 0.15) is 19.4 Å². The van der Waals surface area contributed by atoms with Crippen molar-refractivity contribution in [3.8, 4) is 5.69 Å². The molecule has 0 aliphatic heterocycles. The number of hydrogen-bond donors (Lipinski definition) is 1. The fraction of sp³-hybridized carbons (Fsp3) is 0.333. The van der Waals surface area contributed by atoms with E-state index in [9.17, 15) is 9.90 Å². The number of benzene rings is 1. The van der Waals surface area contributed by atoms with Crippen molar-refractivity contribution in [3.05, 3.63) is 36.2 Å². The minimum atomic E-state index is -1.71. The summed E-state index contributed by atoms with van der Waals surface area (Å²) >= 11 is 0. The summed E-state index contributed by atoms with van der Waals surface area (Å²) in [6.07, 6.45) is 1.43. The summed E-state index contributed by atoms with van der Waals surface area (Å²) in [6, 6.07) is 6.75. The lowest BCUT2D eigenvalue weighted by molar-refractivity contribution is -0.164. The van der Waals surface area contributed by atoms with Gasteiger partial charge in [-0.25, -0.2) is 9.48 Å². The molecular formula is C12H14N4O3. The van der Waals surface area contributed by atoms with Crippen molar-refractivity contribution in [2.24, 2.45) is 0 Å². The molecule has 100 valence electrons. The molecule has 1 atom stereocenters. The van der Waals surface area contributed by atoms with Crippen LogP contribution in [0.2, 0.25) is 0 Å². The summed E-state index contributed by atoms with van der Waals surface area (Å²) in [6.45, 7) is 3.29. The first-order valence-electron chi connectivity index (χ1n) is 5.79. The highest BCUT2D eigenvalue weighted by Crippen LogP contribution is 2.24. The van der Waals surface area contributed by atoms with Gasteiger partial charge >= 0.3 is 5.97 Å². The van der Waals surface area contributed by atoms with E-state index in [-0.39, 0.29) is 6.61 Å². The molecule has 0 bridgehead atoms. The molecule has 7 nitrogen and oxygen atoms in total. The van der Waals surface area contributed by atoms with Crippen molar-refractivity contribution < 1.29 is 14.6 Å². The predicted octanol–water partition coefficient (Wildman–Crippen LogP) is 0.433. The highest BCUT2D eigenvalue weighted by atomic mass is 16.5. The number of ether oxygens (including phenoxy) is 1. The smallest absolute Gasteiger partial charge is 0.342 e. The van der Waals surface area contributed by atoms with Crippen molar-refractivity contribution in [1.29, 1.82) is 0 Å². The average molecular weight is 262 g/mol. The molecular weight excluding hydrogens is 248 g/mol. The van der Waals surface area contributed by atoms with Crippen molar-refractivity contribution in [3.63, 3.8) is 0 Å². The van der Waals surface area contributed by atoms with Gasteiger partial charge in [0.2, 0.25) is 0 Å². The van der Waals surface area contributed by atoms with Gasteiger partial charge in [-0.05, 0) is 42.0 Å². The Kier molecular flexibility index (Phi) is 3.57. The first kappa shape index (κ1) is 13.2. The largest absolute Gasteiger partial charge is 0.464 e. The van der Waals surface area contributed by atoms with E-state index in [4.69, 9.17) is 4.74 Å². The Morgan fingerprint density at radius 2 is 2.32 bits per heavy atom. The van der Waals surface area contributed by atoms with Gasteiger partial charge in [0.15, 0.2) is 5.60 Å². The van der Waals surface area contributed by atoms with Gasteiger partial charge in [-0.2, -0.15) is 0 Å². The molecule has 1 N–H and O–H groups in total. The second-order valence-corrected chi connectivity index (χ2v) is 4.10. The van der Waals surface area contributed by atoms with Crippen LogP contribution in [0.5, 0.6) is 0 Å². The van der Waals surface area contributed by atoms with Crippen LogP contribution in [0.4, 0.5) is 0 Å². The molecule has 2 rings (SSSR count). The molecule has 1 aromatic heterocycles. The third-order valence-electron chi connectivity index (χ3n) is 2.69. The number of esters is 1.